The molecule has 4 heteroatoms. The van der Waals surface area contributed by atoms with E-state index in [-0.39, 0.29) is 6.04 Å². The molecule has 1 heterocycles. The Kier molecular flexibility index (Phi) is 3.59. The fourth-order valence-corrected chi connectivity index (χ4v) is 1.58. The Morgan fingerprint density at radius 2 is 2.12 bits per heavy atom. The van der Waals surface area contributed by atoms with Crippen molar-refractivity contribution in [2.24, 2.45) is 0 Å². The van der Waals surface area contributed by atoms with Crippen molar-refractivity contribution in [1.82, 2.24) is 10.3 Å². The highest BCUT2D eigenvalue weighted by Crippen LogP contribution is 2.16. The molecule has 1 N–H and O–H groups in total. The highest BCUT2D eigenvalue weighted by Gasteiger charge is 2.05. The molecule has 0 spiro atoms. The highest BCUT2D eigenvalue weighted by molar-refractivity contribution is 6.30. The fourth-order valence-electron chi connectivity index (χ4n) is 1.45. The Morgan fingerprint density at radius 3 is 2.75 bits per heavy atom. The molecule has 1 unspecified atom stereocenters. The fraction of sp³-hybridized carbons (Fsp3) is 0.250. The number of aromatic nitrogens is 1. The molecule has 0 saturated heterocycles. The first kappa shape index (κ1) is 11.2. The van der Waals surface area contributed by atoms with E-state index in [0.29, 0.717) is 6.54 Å². The minimum atomic E-state index is 0.252. The van der Waals surface area contributed by atoms with Crippen LogP contribution in [-0.2, 0) is 6.54 Å². The van der Waals surface area contributed by atoms with Crippen molar-refractivity contribution in [2.75, 3.05) is 0 Å². The first-order valence-corrected chi connectivity index (χ1v) is 5.50. The summed E-state index contributed by atoms with van der Waals surface area (Å²) in [5.74, 6) is 0.834. The lowest BCUT2D eigenvalue weighted by atomic mass is 10.1. The maximum absolute atomic E-state index is 5.83. The second-order valence-corrected chi connectivity index (χ2v) is 4.06. The molecular weight excluding hydrogens is 224 g/mol. The molecule has 84 valence electrons. The van der Waals surface area contributed by atoms with E-state index >= 15 is 0 Å². The van der Waals surface area contributed by atoms with Gasteiger partial charge in [-0.2, -0.15) is 0 Å². The van der Waals surface area contributed by atoms with E-state index in [0.717, 1.165) is 10.8 Å². The average molecular weight is 237 g/mol. The van der Waals surface area contributed by atoms with Gasteiger partial charge in [0.05, 0.1) is 12.7 Å². The number of hydrogen-bond donors (Lipinski definition) is 1. The van der Waals surface area contributed by atoms with Crippen molar-refractivity contribution in [3.63, 3.8) is 0 Å². The third-order valence-electron chi connectivity index (χ3n) is 2.44. The van der Waals surface area contributed by atoms with Crippen LogP contribution < -0.4 is 5.32 Å². The summed E-state index contributed by atoms with van der Waals surface area (Å²) < 4.78 is 5.14. The molecule has 2 rings (SSSR count). The van der Waals surface area contributed by atoms with Crippen LogP contribution in [0, 0.1) is 0 Å². The number of nitrogens with zero attached hydrogens (tertiary/aromatic N) is 1. The van der Waals surface area contributed by atoms with Gasteiger partial charge in [0.1, 0.15) is 5.76 Å². The predicted molar refractivity (Wildman–Crippen MR) is 63.2 cm³/mol. The van der Waals surface area contributed by atoms with E-state index in [1.807, 2.05) is 24.3 Å². The van der Waals surface area contributed by atoms with Crippen LogP contribution in [0.1, 0.15) is 24.3 Å². The van der Waals surface area contributed by atoms with E-state index in [1.54, 1.807) is 6.20 Å². The van der Waals surface area contributed by atoms with Gasteiger partial charge in [-0.25, -0.2) is 4.98 Å². The Balaban J connectivity index is 1.93. The van der Waals surface area contributed by atoms with Gasteiger partial charge in [0.15, 0.2) is 6.39 Å². The maximum atomic E-state index is 5.83. The van der Waals surface area contributed by atoms with E-state index in [4.69, 9.17) is 16.0 Å². The summed E-state index contributed by atoms with van der Waals surface area (Å²) >= 11 is 5.83. The molecule has 1 aromatic carbocycles. The van der Waals surface area contributed by atoms with Crippen LogP contribution in [-0.4, -0.2) is 4.98 Å². The van der Waals surface area contributed by atoms with Crippen LogP contribution in [0.5, 0.6) is 0 Å². The highest BCUT2D eigenvalue weighted by atomic mass is 35.5. The summed E-state index contributed by atoms with van der Waals surface area (Å²) in [5, 5.41) is 4.10. The van der Waals surface area contributed by atoms with Crippen molar-refractivity contribution in [3.8, 4) is 0 Å². The molecule has 0 bridgehead atoms. The number of hydrogen-bond acceptors (Lipinski definition) is 3. The third-order valence-corrected chi connectivity index (χ3v) is 2.69. The van der Waals surface area contributed by atoms with Crippen LogP contribution in [0.2, 0.25) is 5.02 Å². The zero-order chi connectivity index (χ0) is 11.4. The first-order valence-electron chi connectivity index (χ1n) is 5.12. The molecule has 0 amide bonds. The van der Waals surface area contributed by atoms with E-state index in [9.17, 15) is 0 Å². The monoisotopic (exact) mass is 236 g/mol. The number of halogens is 1. The number of oxazole rings is 1. The molecule has 0 aliphatic heterocycles. The number of nitrogens with one attached hydrogen (secondary N) is 1. The smallest absolute Gasteiger partial charge is 0.180 e. The van der Waals surface area contributed by atoms with Crippen molar-refractivity contribution in [2.45, 2.75) is 19.5 Å². The number of benzene rings is 1. The molecule has 2 aromatic rings. The van der Waals surface area contributed by atoms with Gasteiger partial charge in [-0.3, -0.25) is 0 Å². The lowest BCUT2D eigenvalue weighted by molar-refractivity contribution is 0.458. The van der Waals surface area contributed by atoms with Crippen molar-refractivity contribution in [1.29, 1.82) is 0 Å². The van der Waals surface area contributed by atoms with E-state index in [2.05, 4.69) is 17.2 Å². The molecule has 0 fully saturated rings. The molecule has 16 heavy (non-hydrogen) atoms. The van der Waals surface area contributed by atoms with Crippen LogP contribution in [0.15, 0.2) is 41.3 Å². The first-order chi connectivity index (χ1) is 7.75. The zero-order valence-corrected chi connectivity index (χ0v) is 9.74. The number of rotatable bonds is 4. The molecule has 0 saturated carbocycles. The summed E-state index contributed by atoms with van der Waals surface area (Å²) in [7, 11) is 0. The Labute approximate surface area is 99.5 Å². The maximum Gasteiger partial charge on any atom is 0.180 e. The summed E-state index contributed by atoms with van der Waals surface area (Å²) in [6, 6.07) is 8.07. The van der Waals surface area contributed by atoms with Gasteiger partial charge < -0.3 is 9.73 Å². The van der Waals surface area contributed by atoms with Crippen molar-refractivity contribution < 1.29 is 4.42 Å². The molecule has 3 nitrogen and oxygen atoms in total. The lowest BCUT2D eigenvalue weighted by Gasteiger charge is -2.12. The molecule has 1 aromatic heterocycles. The van der Waals surface area contributed by atoms with Crippen molar-refractivity contribution in [3.05, 3.63) is 53.2 Å². The quantitative estimate of drug-likeness (QED) is 0.886. The third kappa shape index (κ3) is 2.84. The molecule has 0 radical (unpaired) electrons. The van der Waals surface area contributed by atoms with Crippen molar-refractivity contribution >= 4 is 11.6 Å². The van der Waals surface area contributed by atoms with E-state index < -0.39 is 0 Å². The molecular formula is C12H13ClN2O. The Hall–Kier alpha value is -1.32. The van der Waals surface area contributed by atoms with Gasteiger partial charge in [0.2, 0.25) is 0 Å². The van der Waals surface area contributed by atoms with Crippen LogP contribution in [0.25, 0.3) is 0 Å². The van der Waals surface area contributed by atoms with Gasteiger partial charge in [0, 0.05) is 11.1 Å². The van der Waals surface area contributed by atoms with Crippen LogP contribution in [0.3, 0.4) is 0 Å². The minimum Gasteiger partial charge on any atom is -0.447 e. The summed E-state index contributed by atoms with van der Waals surface area (Å²) in [6.07, 6.45) is 3.14. The van der Waals surface area contributed by atoms with Gasteiger partial charge in [-0.15, -0.1) is 0 Å². The van der Waals surface area contributed by atoms with Gasteiger partial charge in [-0.1, -0.05) is 23.7 Å². The lowest BCUT2D eigenvalue weighted by Crippen LogP contribution is -2.17. The summed E-state index contributed by atoms with van der Waals surface area (Å²) in [4.78, 5) is 3.86. The summed E-state index contributed by atoms with van der Waals surface area (Å²) in [5.41, 5.74) is 1.20. The van der Waals surface area contributed by atoms with Crippen LogP contribution >= 0.6 is 11.6 Å². The zero-order valence-electron chi connectivity index (χ0n) is 8.98. The van der Waals surface area contributed by atoms with Crippen LogP contribution in [0.4, 0.5) is 0 Å². The molecule has 0 aliphatic rings. The second-order valence-electron chi connectivity index (χ2n) is 3.62. The molecule has 1 atom stereocenters. The predicted octanol–water partition coefficient (Wildman–Crippen LogP) is 3.18. The van der Waals surface area contributed by atoms with E-state index in [1.165, 1.54) is 12.0 Å². The van der Waals surface area contributed by atoms with Gasteiger partial charge in [-0.05, 0) is 24.6 Å². The minimum absolute atomic E-state index is 0.252. The summed E-state index contributed by atoms with van der Waals surface area (Å²) in [6.45, 7) is 2.77. The Bertz CT molecular complexity index is 425. The Morgan fingerprint density at radius 1 is 1.38 bits per heavy atom. The normalized spacial score (nSPS) is 12.6. The average Bonchev–Trinajstić information content (AvgIpc) is 2.80. The SMILES string of the molecule is CC(NCc1cnco1)c1ccc(Cl)cc1. The largest absolute Gasteiger partial charge is 0.447 e. The van der Waals surface area contributed by atoms with Gasteiger partial charge >= 0.3 is 0 Å². The standard InChI is InChI=1S/C12H13ClN2O/c1-9(10-2-4-11(13)5-3-10)15-7-12-6-14-8-16-12/h2-6,8-9,15H,7H2,1H3. The topological polar surface area (TPSA) is 38.1 Å². The second kappa shape index (κ2) is 5.14. The van der Waals surface area contributed by atoms with Gasteiger partial charge in [0.25, 0.3) is 0 Å². The molecule has 0 aliphatic carbocycles.